The van der Waals surface area contributed by atoms with E-state index in [1.807, 2.05) is 0 Å². The fourth-order valence-electron chi connectivity index (χ4n) is 4.24. The molecule has 1 saturated heterocycles. The van der Waals surface area contributed by atoms with Crippen LogP contribution in [0.5, 0.6) is 0 Å². The van der Waals surface area contributed by atoms with Crippen molar-refractivity contribution in [1.82, 2.24) is 25.3 Å². The number of nitrogens with zero attached hydrogens (tertiary/aromatic N) is 3. The summed E-state index contributed by atoms with van der Waals surface area (Å²) in [5.41, 5.74) is 1.27. The number of H-pyrrole nitrogens is 1. The molecule has 1 aliphatic rings. The fourth-order valence-corrected chi connectivity index (χ4v) is 4.24. The lowest BCUT2D eigenvalue weighted by atomic mass is 9.98. The Kier molecular flexibility index (Phi) is 6.51. The first kappa shape index (κ1) is 23.7. The van der Waals surface area contributed by atoms with Gasteiger partial charge in [-0.05, 0) is 56.3 Å². The van der Waals surface area contributed by atoms with Crippen molar-refractivity contribution in [1.29, 1.82) is 0 Å². The lowest BCUT2D eigenvalue weighted by molar-refractivity contribution is -0.137. The van der Waals surface area contributed by atoms with Gasteiger partial charge in [-0.3, -0.25) is 10.1 Å². The molecule has 4 aromatic rings. The molecule has 0 unspecified atom stereocenters. The van der Waals surface area contributed by atoms with E-state index in [0.717, 1.165) is 38.1 Å². The number of carbonyl (C=O) groups excluding carboxylic acids is 1. The minimum atomic E-state index is -4.48. The molecule has 3 heterocycles. The van der Waals surface area contributed by atoms with Crippen LogP contribution in [0.4, 0.5) is 19.1 Å². The van der Waals surface area contributed by atoms with E-state index < -0.39 is 11.7 Å². The van der Waals surface area contributed by atoms with E-state index in [9.17, 15) is 18.0 Å². The second-order valence-corrected chi connectivity index (χ2v) is 8.53. The summed E-state index contributed by atoms with van der Waals surface area (Å²) in [4.78, 5) is 29.2. The van der Waals surface area contributed by atoms with Gasteiger partial charge in [0.1, 0.15) is 5.82 Å². The number of imidazole rings is 1. The van der Waals surface area contributed by atoms with Gasteiger partial charge in [0, 0.05) is 23.2 Å². The van der Waals surface area contributed by atoms with E-state index in [2.05, 4.69) is 25.6 Å². The van der Waals surface area contributed by atoms with E-state index in [1.54, 1.807) is 42.5 Å². The third kappa shape index (κ3) is 5.13. The van der Waals surface area contributed by atoms with Gasteiger partial charge < -0.3 is 10.3 Å². The molecule has 3 N–H and O–H groups in total. The zero-order valence-electron chi connectivity index (χ0n) is 19.1. The van der Waals surface area contributed by atoms with Gasteiger partial charge in [0.15, 0.2) is 0 Å². The Labute approximate surface area is 205 Å². The molecule has 0 bridgehead atoms. The van der Waals surface area contributed by atoms with Crippen LogP contribution in [-0.2, 0) is 6.18 Å². The van der Waals surface area contributed by atoms with Crippen LogP contribution in [0.25, 0.3) is 22.6 Å². The topological polar surface area (TPSA) is 95.6 Å². The molecular formula is C26H23F3N6O. The summed E-state index contributed by atoms with van der Waals surface area (Å²) in [7, 11) is 0. The molecule has 5 rings (SSSR count). The predicted molar refractivity (Wildman–Crippen MR) is 129 cm³/mol. The number of amides is 1. The van der Waals surface area contributed by atoms with Crippen molar-refractivity contribution in [2.24, 2.45) is 0 Å². The van der Waals surface area contributed by atoms with Gasteiger partial charge >= 0.3 is 6.18 Å². The van der Waals surface area contributed by atoms with Crippen LogP contribution < -0.4 is 10.6 Å². The van der Waals surface area contributed by atoms with Gasteiger partial charge in [0.2, 0.25) is 5.95 Å². The van der Waals surface area contributed by atoms with E-state index in [4.69, 9.17) is 4.98 Å². The first-order valence-electron chi connectivity index (χ1n) is 11.6. The molecule has 0 spiro atoms. The summed E-state index contributed by atoms with van der Waals surface area (Å²) < 4.78 is 40.3. The molecular weight excluding hydrogens is 469 g/mol. The van der Waals surface area contributed by atoms with Crippen LogP contribution in [0, 0.1) is 0 Å². The highest BCUT2D eigenvalue weighted by Crippen LogP contribution is 2.36. The molecule has 184 valence electrons. The van der Waals surface area contributed by atoms with E-state index in [1.165, 1.54) is 12.3 Å². The van der Waals surface area contributed by atoms with Crippen molar-refractivity contribution in [3.8, 4) is 22.6 Å². The highest BCUT2D eigenvalue weighted by atomic mass is 19.4. The van der Waals surface area contributed by atoms with Crippen LogP contribution in [0.1, 0.15) is 40.5 Å². The summed E-state index contributed by atoms with van der Waals surface area (Å²) in [6.45, 7) is 1.67. The Morgan fingerprint density at radius 3 is 2.50 bits per heavy atom. The van der Waals surface area contributed by atoms with Crippen molar-refractivity contribution in [2.45, 2.75) is 24.9 Å². The average molecular weight is 493 g/mol. The van der Waals surface area contributed by atoms with Gasteiger partial charge in [0.05, 0.1) is 22.6 Å². The Hall–Kier alpha value is -4.05. The molecule has 1 fully saturated rings. The summed E-state index contributed by atoms with van der Waals surface area (Å²) >= 11 is 0. The summed E-state index contributed by atoms with van der Waals surface area (Å²) in [5, 5.41) is 5.98. The van der Waals surface area contributed by atoms with Crippen LogP contribution >= 0.6 is 0 Å². The number of nitrogens with one attached hydrogen (secondary N) is 3. The monoisotopic (exact) mass is 492 g/mol. The van der Waals surface area contributed by atoms with Crippen LogP contribution in [0.15, 0.2) is 66.9 Å². The standard InChI is InChI=1S/C26H23F3N6O/c27-26(28,29)19-8-4-7-18(15-19)21-22(34-23(33-21)16-9-12-30-13-10-16)20-11-14-31-25(32-20)35-24(36)17-5-2-1-3-6-17/h1-8,11,14-16,30H,9-10,12-13H2,(H,33,34)(H,31,32,35,36). The molecule has 36 heavy (non-hydrogen) atoms. The Bertz CT molecular complexity index is 1360. The predicted octanol–water partition coefficient (Wildman–Crippen LogP) is 5.27. The Morgan fingerprint density at radius 1 is 0.972 bits per heavy atom. The van der Waals surface area contributed by atoms with Crippen LogP contribution in [0.2, 0.25) is 0 Å². The first-order valence-corrected chi connectivity index (χ1v) is 11.6. The maximum absolute atomic E-state index is 13.4. The fraction of sp³-hybridized carbons (Fsp3) is 0.231. The highest BCUT2D eigenvalue weighted by molar-refractivity contribution is 6.03. The minimum absolute atomic E-state index is 0.0781. The van der Waals surface area contributed by atoms with Crippen molar-refractivity contribution < 1.29 is 18.0 Å². The van der Waals surface area contributed by atoms with Crippen molar-refractivity contribution in [3.63, 3.8) is 0 Å². The second kappa shape index (κ2) is 9.90. The smallest absolute Gasteiger partial charge is 0.340 e. The summed E-state index contributed by atoms with van der Waals surface area (Å²) in [6, 6.07) is 15.4. The molecule has 2 aromatic heterocycles. The van der Waals surface area contributed by atoms with Crippen molar-refractivity contribution in [3.05, 3.63) is 83.8 Å². The van der Waals surface area contributed by atoms with Crippen LogP contribution in [-0.4, -0.2) is 38.9 Å². The normalized spacial score (nSPS) is 14.5. The number of hydrogen-bond donors (Lipinski definition) is 3. The van der Waals surface area contributed by atoms with Gasteiger partial charge in [-0.25, -0.2) is 15.0 Å². The Morgan fingerprint density at radius 2 is 1.75 bits per heavy atom. The zero-order valence-corrected chi connectivity index (χ0v) is 19.1. The molecule has 7 nitrogen and oxygen atoms in total. The van der Waals surface area contributed by atoms with Gasteiger partial charge in [-0.1, -0.05) is 30.3 Å². The molecule has 1 amide bonds. The molecule has 10 heteroatoms. The number of halogens is 3. The Balaban J connectivity index is 1.54. The number of benzene rings is 2. The SMILES string of the molecule is O=C(Nc1nccc(-c2[nH]c(C3CCNCC3)nc2-c2cccc(C(F)(F)F)c2)n1)c1ccccc1. The molecule has 2 aromatic carbocycles. The number of piperidine rings is 1. The molecule has 0 atom stereocenters. The van der Waals surface area contributed by atoms with Gasteiger partial charge in [-0.15, -0.1) is 0 Å². The molecule has 1 aliphatic heterocycles. The molecule has 0 saturated carbocycles. The third-order valence-electron chi connectivity index (χ3n) is 6.08. The average Bonchev–Trinajstić information content (AvgIpc) is 3.35. The van der Waals surface area contributed by atoms with Gasteiger partial charge in [0.25, 0.3) is 5.91 Å². The lowest BCUT2D eigenvalue weighted by Gasteiger charge is -2.20. The number of carbonyl (C=O) groups is 1. The second-order valence-electron chi connectivity index (χ2n) is 8.53. The van der Waals surface area contributed by atoms with Gasteiger partial charge in [-0.2, -0.15) is 13.2 Å². The molecule has 0 radical (unpaired) electrons. The highest BCUT2D eigenvalue weighted by Gasteiger charge is 2.31. The number of aromatic nitrogens is 4. The van der Waals surface area contributed by atoms with Crippen molar-refractivity contribution >= 4 is 11.9 Å². The number of aromatic amines is 1. The molecule has 0 aliphatic carbocycles. The van der Waals surface area contributed by atoms with Crippen molar-refractivity contribution in [2.75, 3.05) is 18.4 Å². The van der Waals surface area contributed by atoms with E-state index >= 15 is 0 Å². The zero-order chi connectivity index (χ0) is 25.1. The van der Waals surface area contributed by atoms with Crippen LogP contribution in [0.3, 0.4) is 0 Å². The third-order valence-corrected chi connectivity index (χ3v) is 6.08. The summed E-state index contributed by atoms with van der Waals surface area (Å²) in [5.74, 6) is 0.552. The van der Waals surface area contributed by atoms with E-state index in [-0.39, 0.29) is 17.8 Å². The largest absolute Gasteiger partial charge is 0.416 e. The maximum Gasteiger partial charge on any atom is 0.416 e. The summed E-state index contributed by atoms with van der Waals surface area (Å²) in [6.07, 6.45) is -1.27. The minimum Gasteiger partial charge on any atom is -0.340 e. The lowest BCUT2D eigenvalue weighted by Crippen LogP contribution is -2.27. The number of alkyl halides is 3. The number of hydrogen-bond acceptors (Lipinski definition) is 5. The quantitative estimate of drug-likeness (QED) is 0.353. The van der Waals surface area contributed by atoms with E-state index in [0.29, 0.717) is 34.0 Å². The number of rotatable bonds is 5. The number of anilines is 1. The maximum atomic E-state index is 13.4. The first-order chi connectivity index (χ1) is 17.4.